The van der Waals surface area contributed by atoms with E-state index in [1.807, 2.05) is 26.8 Å². The average molecular weight is 453 g/mol. The van der Waals surface area contributed by atoms with Gasteiger partial charge in [-0.3, -0.25) is 4.90 Å². The Labute approximate surface area is 196 Å². The molecule has 1 atom stereocenters. The van der Waals surface area contributed by atoms with Gasteiger partial charge < -0.3 is 13.8 Å². The van der Waals surface area contributed by atoms with Gasteiger partial charge in [-0.2, -0.15) is 4.98 Å². The van der Waals surface area contributed by atoms with Crippen LogP contribution in [0, 0.1) is 0 Å². The number of nitrogens with zero attached hydrogens (tertiary/aromatic N) is 4. The summed E-state index contributed by atoms with van der Waals surface area (Å²) >= 11 is 0. The molecule has 0 unspecified atom stereocenters. The zero-order valence-electron chi connectivity index (χ0n) is 20.3. The number of ether oxygens (including phenoxy) is 1. The number of hydrogen-bond acceptors (Lipinski definition) is 5. The molecule has 0 radical (unpaired) electrons. The summed E-state index contributed by atoms with van der Waals surface area (Å²) in [5, 5.41) is 5.42. The molecule has 0 N–H and O–H groups in total. The summed E-state index contributed by atoms with van der Waals surface area (Å²) in [4.78, 5) is 19.1. The third-order valence-electron chi connectivity index (χ3n) is 6.14. The highest BCUT2D eigenvalue weighted by atomic mass is 16.6. The van der Waals surface area contributed by atoms with Gasteiger partial charge in [0.2, 0.25) is 11.7 Å². The minimum absolute atomic E-state index is 0.243. The van der Waals surface area contributed by atoms with Gasteiger partial charge in [-0.1, -0.05) is 56.0 Å². The van der Waals surface area contributed by atoms with Crippen LogP contribution in [-0.4, -0.2) is 37.8 Å². The number of benzene rings is 1. The van der Waals surface area contributed by atoms with Gasteiger partial charge in [0, 0.05) is 35.8 Å². The number of carbonyl (C=O) groups excluding carboxylic acids is 1. The normalized spacial score (nSPS) is 16.6. The Balaban J connectivity index is 1.54. The molecule has 7 nitrogen and oxygen atoms in total. The van der Waals surface area contributed by atoms with Gasteiger partial charge in [0.15, 0.2) is 0 Å². The molecule has 0 spiro atoms. The van der Waals surface area contributed by atoms with Gasteiger partial charge in [0.1, 0.15) is 11.6 Å². The Morgan fingerprint density at radius 1 is 1.18 bits per heavy atom. The summed E-state index contributed by atoms with van der Waals surface area (Å²) in [6.07, 6.45) is 9.72. The molecule has 0 saturated carbocycles. The Hall–Kier alpha value is -2.83. The molecule has 178 valence electrons. The van der Waals surface area contributed by atoms with Crippen LogP contribution in [0.15, 0.2) is 35.0 Å². The fourth-order valence-corrected chi connectivity index (χ4v) is 4.54. The highest BCUT2D eigenvalue weighted by Crippen LogP contribution is 2.35. The van der Waals surface area contributed by atoms with Gasteiger partial charge in [0.05, 0.1) is 0 Å². The average Bonchev–Trinajstić information content (AvgIpc) is 3.50. The lowest BCUT2D eigenvalue weighted by Gasteiger charge is -2.26. The first kappa shape index (κ1) is 23.3. The second kappa shape index (κ2) is 9.98. The van der Waals surface area contributed by atoms with Crippen LogP contribution in [0.3, 0.4) is 0 Å². The maximum absolute atomic E-state index is 12.7. The molecule has 1 aliphatic heterocycles. The molecule has 0 aliphatic carbocycles. The number of rotatable bonds is 8. The van der Waals surface area contributed by atoms with Crippen molar-refractivity contribution in [3.63, 3.8) is 0 Å². The van der Waals surface area contributed by atoms with Gasteiger partial charge in [-0.15, -0.1) is 0 Å². The lowest BCUT2D eigenvalue weighted by Crippen LogP contribution is -2.36. The predicted octanol–water partition coefficient (Wildman–Crippen LogP) is 6.73. The highest BCUT2D eigenvalue weighted by molar-refractivity contribution is 5.94. The third kappa shape index (κ3) is 5.40. The monoisotopic (exact) mass is 452 g/mol. The van der Waals surface area contributed by atoms with Crippen molar-refractivity contribution in [2.45, 2.75) is 90.8 Å². The zero-order chi connectivity index (χ0) is 23.4. The third-order valence-corrected chi connectivity index (χ3v) is 6.14. The molecule has 1 aromatic carbocycles. The maximum Gasteiger partial charge on any atom is 0.410 e. The number of unbranched alkanes of at least 4 members (excludes halogenated alkanes) is 4. The van der Waals surface area contributed by atoms with Crippen LogP contribution in [0.1, 0.15) is 84.6 Å². The van der Waals surface area contributed by atoms with Gasteiger partial charge in [-0.05, 0) is 46.1 Å². The van der Waals surface area contributed by atoms with Crippen LogP contribution < -0.4 is 0 Å². The van der Waals surface area contributed by atoms with Crippen molar-refractivity contribution in [2.75, 3.05) is 6.54 Å². The zero-order valence-corrected chi connectivity index (χ0v) is 20.3. The number of aryl methyl sites for hydroxylation is 1. The molecule has 33 heavy (non-hydrogen) atoms. The van der Waals surface area contributed by atoms with Crippen molar-refractivity contribution >= 4 is 17.0 Å². The van der Waals surface area contributed by atoms with Crippen molar-refractivity contribution in [3.8, 4) is 11.4 Å². The topological polar surface area (TPSA) is 73.4 Å². The minimum Gasteiger partial charge on any atom is -0.444 e. The standard InChI is InChI=1S/C26H36N4O3/c1-5-6-7-8-11-16-29-18-20(19-13-9-10-14-21(19)29)23-27-24(33-28-23)22-15-12-17-30(22)25(31)32-26(2,3)4/h9-10,13-14,18,22H,5-8,11-12,15-17H2,1-4H3/t22-/m0/s1. The lowest BCUT2D eigenvalue weighted by atomic mass is 10.1. The van der Waals surface area contributed by atoms with Crippen LogP contribution in [0.25, 0.3) is 22.3 Å². The van der Waals surface area contributed by atoms with E-state index in [0.29, 0.717) is 18.3 Å². The van der Waals surface area contributed by atoms with Gasteiger partial charge >= 0.3 is 6.09 Å². The van der Waals surface area contributed by atoms with Crippen molar-refractivity contribution in [3.05, 3.63) is 36.4 Å². The molecule has 1 saturated heterocycles. The number of amides is 1. The van der Waals surface area contributed by atoms with E-state index in [1.165, 1.54) is 31.2 Å². The maximum atomic E-state index is 12.7. The van der Waals surface area contributed by atoms with E-state index < -0.39 is 5.60 Å². The van der Waals surface area contributed by atoms with E-state index in [9.17, 15) is 4.79 Å². The Bertz CT molecular complexity index is 1080. The van der Waals surface area contributed by atoms with Crippen LogP contribution in [0.2, 0.25) is 0 Å². The number of aromatic nitrogens is 3. The quantitative estimate of drug-likeness (QED) is 0.354. The van der Waals surface area contributed by atoms with E-state index in [2.05, 4.69) is 41.0 Å². The number of para-hydroxylation sites is 1. The van der Waals surface area contributed by atoms with E-state index in [4.69, 9.17) is 14.2 Å². The predicted molar refractivity (Wildman–Crippen MR) is 129 cm³/mol. The first-order valence-corrected chi connectivity index (χ1v) is 12.3. The van der Waals surface area contributed by atoms with E-state index in [0.717, 1.165) is 36.8 Å². The second-order valence-electron chi connectivity index (χ2n) is 9.96. The number of hydrogen-bond donors (Lipinski definition) is 0. The van der Waals surface area contributed by atoms with E-state index in [-0.39, 0.29) is 12.1 Å². The van der Waals surface area contributed by atoms with Crippen LogP contribution >= 0.6 is 0 Å². The van der Waals surface area contributed by atoms with Crippen molar-refractivity contribution < 1.29 is 14.1 Å². The fraction of sp³-hybridized carbons (Fsp3) is 0.577. The van der Waals surface area contributed by atoms with Crippen LogP contribution in [0.5, 0.6) is 0 Å². The molecule has 1 fully saturated rings. The molecule has 3 heterocycles. The molecule has 4 rings (SSSR count). The molecule has 7 heteroatoms. The first-order valence-electron chi connectivity index (χ1n) is 12.3. The summed E-state index contributed by atoms with van der Waals surface area (Å²) in [7, 11) is 0. The Morgan fingerprint density at radius 2 is 1.97 bits per heavy atom. The summed E-state index contributed by atoms with van der Waals surface area (Å²) in [6, 6.07) is 8.12. The molecule has 0 bridgehead atoms. The highest BCUT2D eigenvalue weighted by Gasteiger charge is 2.36. The smallest absolute Gasteiger partial charge is 0.410 e. The molecular formula is C26H36N4O3. The van der Waals surface area contributed by atoms with Crippen molar-refractivity contribution in [1.29, 1.82) is 0 Å². The summed E-state index contributed by atoms with van der Waals surface area (Å²) in [5.74, 6) is 1.05. The van der Waals surface area contributed by atoms with Crippen LogP contribution in [0.4, 0.5) is 4.79 Å². The SMILES string of the molecule is CCCCCCCn1cc(-c2noc([C@@H]3CCCN3C(=O)OC(C)(C)C)n2)c2ccccc21. The van der Waals surface area contributed by atoms with Gasteiger partial charge in [-0.25, -0.2) is 4.79 Å². The number of carbonyl (C=O) groups is 1. The van der Waals surface area contributed by atoms with Crippen molar-refractivity contribution in [2.24, 2.45) is 0 Å². The summed E-state index contributed by atoms with van der Waals surface area (Å²) in [6.45, 7) is 9.48. The van der Waals surface area contributed by atoms with Crippen LogP contribution in [-0.2, 0) is 11.3 Å². The molecule has 3 aromatic rings. The molecule has 1 aliphatic rings. The fourth-order valence-electron chi connectivity index (χ4n) is 4.54. The largest absolute Gasteiger partial charge is 0.444 e. The lowest BCUT2D eigenvalue weighted by molar-refractivity contribution is 0.0199. The molecule has 2 aromatic heterocycles. The Morgan fingerprint density at radius 3 is 2.76 bits per heavy atom. The number of likely N-dealkylation sites (tertiary alicyclic amines) is 1. The first-order chi connectivity index (χ1) is 15.9. The molecule has 1 amide bonds. The van der Waals surface area contributed by atoms with Crippen molar-refractivity contribution in [1.82, 2.24) is 19.6 Å². The Kier molecular flexibility index (Phi) is 7.05. The number of fused-ring (bicyclic) bond motifs is 1. The second-order valence-corrected chi connectivity index (χ2v) is 9.96. The van der Waals surface area contributed by atoms with Gasteiger partial charge in [0.25, 0.3) is 0 Å². The van der Waals surface area contributed by atoms with E-state index in [1.54, 1.807) is 4.90 Å². The molecular weight excluding hydrogens is 416 g/mol. The minimum atomic E-state index is -0.539. The summed E-state index contributed by atoms with van der Waals surface area (Å²) < 4.78 is 13.6. The summed E-state index contributed by atoms with van der Waals surface area (Å²) in [5.41, 5.74) is 1.62. The van der Waals surface area contributed by atoms with E-state index >= 15 is 0 Å².